The second-order valence-corrected chi connectivity index (χ2v) is 6.46. The Morgan fingerprint density at radius 3 is 2.83 bits per heavy atom. The van der Waals surface area contributed by atoms with Crippen LogP contribution in [-0.2, 0) is 9.53 Å². The van der Waals surface area contributed by atoms with Crippen molar-refractivity contribution >= 4 is 5.91 Å². The van der Waals surface area contributed by atoms with E-state index in [0.717, 1.165) is 25.4 Å². The molecule has 2 bridgehead atoms. The van der Waals surface area contributed by atoms with Gasteiger partial charge in [-0.3, -0.25) is 9.69 Å². The lowest BCUT2D eigenvalue weighted by Gasteiger charge is -2.32. The fraction of sp³-hybridized carbons (Fsp3) is 0.929. The molecule has 1 N–H and O–H groups in total. The number of ether oxygens (including phenoxy) is 1. The fourth-order valence-electron chi connectivity index (χ4n) is 3.22. The maximum absolute atomic E-state index is 12.1. The molecule has 0 aromatic heterocycles. The smallest absolute Gasteiger partial charge is 0.226 e. The minimum atomic E-state index is 0.0709. The van der Waals surface area contributed by atoms with Gasteiger partial charge in [0.15, 0.2) is 0 Å². The van der Waals surface area contributed by atoms with Crippen molar-refractivity contribution in [2.45, 2.75) is 51.4 Å². The maximum atomic E-state index is 12.1. The van der Waals surface area contributed by atoms with E-state index in [4.69, 9.17) is 4.74 Å². The van der Waals surface area contributed by atoms with Crippen LogP contribution in [0.25, 0.3) is 0 Å². The molecule has 0 unspecified atom stereocenters. The number of rotatable bonds is 4. The molecule has 0 radical (unpaired) electrons. The number of amides is 1. The number of likely N-dealkylation sites (tertiary alicyclic amines) is 1. The Hall–Kier alpha value is -0.610. The van der Waals surface area contributed by atoms with Crippen molar-refractivity contribution in [1.82, 2.24) is 10.2 Å². The lowest BCUT2D eigenvalue weighted by atomic mass is 9.99. The summed E-state index contributed by atoms with van der Waals surface area (Å²) in [5.41, 5.74) is 0. The van der Waals surface area contributed by atoms with Crippen molar-refractivity contribution in [3.05, 3.63) is 0 Å². The van der Waals surface area contributed by atoms with Crippen molar-refractivity contribution in [2.75, 3.05) is 19.6 Å². The largest absolute Gasteiger partial charge is 0.371 e. The van der Waals surface area contributed by atoms with Gasteiger partial charge in [-0.15, -0.1) is 0 Å². The quantitative estimate of drug-likeness (QED) is 0.812. The Bertz CT molecular complexity index is 328. The molecule has 1 amide bonds. The van der Waals surface area contributed by atoms with E-state index in [2.05, 4.69) is 10.2 Å². The Kier molecular flexibility index (Phi) is 3.32. The second-order valence-electron chi connectivity index (χ2n) is 6.46. The van der Waals surface area contributed by atoms with Gasteiger partial charge in [0.25, 0.3) is 0 Å². The highest BCUT2D eigenvalue weighted by molar-refractivity contribution is 5.80. The first kappa shape index (κ1) is 12.4. The summed E-state index contributed by atoms with van der Waals surface area (Å²) < 4.78 is 5.94. The highest BCUT2D eigenvalue weighted by Crippen LogP contribution is 2.35. The number of carbonyl (C=O) groups excluding carboxylic acids is 1. The molecule has 4 heteroatoms. The zero-order valence-electron chi connectivity index (χ0n) is 11.4. The molecular formula is C14H24N2O2. The molecule has 2 aliphatic heterocycles. The normalized spacial score (nSPS) is 36.1. The Balaban J connectivity index is 1.57. The van der Waals surface area contributed by atoms with Gasteiger partial charge >= 0.3 is 0 Å². The van der Waals surface area contributed by atoms with Gasteiger partial charge < -0.3 is 10.1 Å². The molecule has 3 atom stereocenters. The number of fused-ring (bicyclic) bond motifs is 2. The van der Waals surface area contributed by atoms with Crippen LogP contribution in [0, 0.1) is 11.8 Å². The van der Waals surface area contributed by atoms with Gasteiger partial charge in [0.05, 0.1) is 18.1 Å². The minimum absolute atomic E-state index is 0.0709. The molecule has 4 nitrogen and oxygen atoms in total. The first-order valence-electron chi connectivity index (χ1n) is 7.30. The highest BCUT2D eigenvalue weighted by Gasteiger charge is 2.45. The average molecular weight is 252 g/mol. The summed E-state index contributed by atoms with van der Waals surface area (Å²) in [6, 6.07) is 0.223. The summed E-state index contributed by atoms with van der Waals surface area (Å²) in [7, 11) is 0. The van der Waals surface area contributed by atoms with Crippen molar-refractivity contribution in [3.63, 3.8) is 0 Å². The second kappa shape index (κ2) is 4.82. The third-order valence-electron chi connectivity index (χ3n) is 4.21. The van der Waals surface area contributed by atoms with Crippen LogP contribution in [0.4, 0.5) is 0 Å². The van der Waals surface area contributed by atoms with Gasteiger partial charge in [0, 0.05) is 25.7 Å². The summed E-state index contributed by atoms with van der Waals surface area (Å²) in [5, 5.41) is 3.03. The first-order chi connectivity index (χ1) is 8.61. The van der Waals surface area contributed by atoms with Crippen molar-refractivity contribution < 1.29 is 9.53 Å². The van der Waals surface area contributed by atoms with Gasteiger partial charge in [-0.25, -0.2) is 0 Å². The topological polar surface area (TPSA) is 41.6 Å². The van der Waals surface area contributed by atoms with Crippen LogP contribution in [0.2, 0.25) is 0 Å². The SMILES string of the molecule is CC(C)NC(=O)[C@H]1C[C@H]2CN(CC3CC3)C[C@H]1O2. The summed E-state index contributed by atoms with van der Waals surface area (Å²) in [6.07, 6.45) is 4.10. The number of hydrogen-bond donors (Lipinski definition) is 1. The molecule has 102 valence electrons. The molecular weight excluding hydrogens is 228 g/mol. The summed E-state index contributed by atoms with van der Waals surface area (Å²) in [5.74, 6) is 1.18. The van der Waals surface area contributed by atoms with Crippen LogP contribution in [0.1, 0.15) is 33.1 Å². The van der Waals surface area contributed by atoms with Crippen LogP contribution in [-0.4, -0.2) is 48.7 Å². The van der Waals surface area contributed by atoms with E-state index in [0.29, 0.717) is 0 Å². The molecule has 3 aliphatic rings. The number of morpholine rings is 1. The van der Waals surface area contributed by atoms with Crippen LogP contribution >= 0.6 is 0 Å². The molecule has 0 spiro atoms. The number of hydrogen-bond acceptors (Lipinski definition) is 3. The number of nitrogens with one attached hydrogen (secondary N) is 1. The lowest BCUT2D eigenvalue weighted by molar-refractivity contribution is -0.128. The summed E-state index contributed by atoms with van der Waals surface area (Å²) >= 11 is 0. The standard InChI is InChI=1S/C14H24N2O2/c1-9(2)15-14(17)12-5-11-7-16(6-10-3-4-10)8-13(12)18-11/h9-13H,3-8H2,1-2H3,(H,15,17)/t11-,12-,13+/m0/s1. The molecule has 2 saturated heterocycles. The number of carbonyl (C=O) groups is 1. The third kappa shape index (κ3) is 2.69. The van der Waals surface area contributed by atoms with E-state index in [1.165, 1.54) is 19.4 Å². The van der Waals surface area contributed by atoms with E-state index in [9.17, 15) is 4.79 Å². The first-order valence-corrected chi connectivity index (χ1v) is 7.30. The lowest BCUT2D eigenvalue weighted by Crippen LogP contribution is -2.46. The number of nitrogens with zero attached hydrogens (tertiary/aromatic N) is 1. The van der Waals surface area contributed by atoms with E-state index >= 15 is 0 Å². The zero-order chi connectivity index (χ0) is 12.7. The van der Waals surface area contributed by atoms with Crippen LogP contribution in [0.5, 0.6) is 0 Å². The van der Waals surface area contributed by atoms with E-state index in [1.54, 1.807) is 0 Å². The third-order valence-corrected chi connectivity index (χ3v) is 4.21. The molecule has 3 fully saturated rings. The molecule has 18 heavy (non-hydrogen) atoms. The summed E-state index contributed by atoms with van der Waals surface area (Å²) in [4.78, 5) is 14.6. The van der Waals surface area contributed by atoms with Crippen molar-refractivity contribution in [3.8, 4) is 0 Å². The van der Waals surface area contributed by atoms with Crippen LogP contribution in [0.3, 0.4) is 0 Å². The minimum Gasteiger partial charge on any atom is -0.371 e. The van der Waals surface area contributed by atoms with Gasteiger partial charge in [-0.05, 0) is 39.0 Å². The van der Waals surface area contributed by atoms with Gasteiger partial charge in [0.1, 0.15) is 0 Å². The monoisotopic (exact) mass is 252 g/mol. The van der Waals surface area contributed by atoms with Gasteiger partial charge in [-0.2, -0.15) is 0 Å². The van der Waals surface area contributed by atoms with Crippen LogP contribution < -0.4 is 5.32 Å². The highest BCUT2D eigenvalue weighted by atomic mass is 16.5. The molecule has 1 saturated carbocycles. The Labute approximate surface area is 109 Å². The molecule has 0 aromatic carbocycles. The van der Waals surface area contributed by atoms with E-state index in [1.807, 2.05) is 13.8 Å². The summed E-state index contributed by atoms with van der Waals surface area (Å²) in [6.45, 7) is 7.22. The van der Waals surface area contributed by atoms with Gasteiger partial charge in [0.2, 0.25) is 5.91 Å². The molecule has 3 rings (SSSR count). The van der Waals surface area contributed by atoms with Crippen LogP contribution in [0.15, 0.2) is 0 Å². The average Bonchev–Trinajstić information content (AvgIpc) is 3.03. The molecule has 0 aromatic rings. The van der Waals surface area contributed by atoms with E-state index in [-0.39, 0.29) is 30.1 Å². The van der Waals surface area contributed by atoms with Crippen molar-refractivity contribution in [1.29, 1.82) is 0 Å². The molecule has 1 aliphatic carbocycles. The zero-order valence-corrected chi connectivity index (χ0v) is 11.4. The van der Waals surface area contributed by atoms with Gasteiger partial charge in [-0.1, -0.05) is 0 Å². The van der Waals surface area contributed by atoms with Crippen molar-refractivity contribution in [2.24, 2.45) is 11.8 Å². The van der Waals surface area contributed by atoms with E-state index < -0.39 is 0 Å². The Morgan fingerprint density at radius 2 is 2.17 bits per heavy atom. The molecule has 2 heterocycles. The predicted molar refractivity (Wildman–Crippen MR) is 69.2 cm³/mol. The predicted octanol–water partition coefficient (Wildman–Crippen LogP) is 1.01. The Morgan fingerprint density at radius 1 is 1.39 bits per heavy atom. The fourth-order valence-corrected chi connectivity index (χ4v) is 3.22. The maximum Gasteiger partial charge on any atom is 0.226 e.